The number of pyridine rings is 2. The summed E-state index contributed by atoms with van der Waals surface area (Å²) < 4.78 is 31.2. The second-order valence-corrected chi connectivity index (χ2v) is 7.42. The molecule has 5 rings (SSSR count). The Kier molecular flexibility index (Phi) is 4.89. The second-order valence-electron chi connectivity index (χ2n) is 7.42. The third kappa shape index (κ3) is 3.61. The van der Waals surface area contributed by atoms with Gasteiger partial charge in [-0.2, -0.15) is 4.52 Å². The van der Waals surface area contributed by atoms with Crippen LogP contribution in [0.1, 0.15) is 11.4 Å². The molecule has 0 saturated heterocycles. The van der Waals surface area contributed by atoms with E-state index in [1.807, 2.05) is 6.07 Å². The highest BCUT2D eigenvalue weighted by Gasteiger charge is 2.22. The molecule has 0 atom stereocenters. The van der Waals surface area contributed by atoms with E-state index in [1.54, 1.807) is 37.6 Å². The summed E-state index contributed by atoms with van der Waals surface area (Å²) in [6.07, 6.45) is 3.09. The van der Waals surface area contributed by atoms with Crippen molar-refractivity contribution in [3.05, 3.63) is 94.3 Å². The van der Waals surface area contributed by atoms with Crippen molar-refractivity contribution in [1.29, 1.82) is 0 Å². The van der Waals surface area contributed by atoms with Gasteiger partial charge in [-0.3, -0.25) is 9.78 Å². The monoisotopic (exact) mass is 445 g/mol. The molecular weight excluding hydrogens is 428 g/mol. The van der Waals surface area contributed by atoms with Crippen LogP contribution in [0.15, 0.2) is 65.7 Å². The Morgan fingerprint density at radius 1 is 1.00 bits per heavy atom. The first-order chi connectivity index (χ1) is 15.9. The van der Waals surface area contributed by atoms with Gasteiger partial charge in [-0.15, -0.1) is 5.10 Å². The van der Waals surface area contributed by atoms with E-state index in [0.29, 0.717) is 28.2 Å². The number of rotatable bonds is 4. The summed E-state index contributed by atoms with van der Waals surface area (Å²) in [6, 6.07) is 12.1. The second kappa shape index (κ2) is 7.90. The SMILES string of the molecule is Cn1cc(-c2c(-c3ccccn3)nc(N)n3nc(Cc4c(F)cccc4F)nc23)ccc1=O. The first kappa shape index (κ1) is 20.4. The third-order valence-corrected chi connectivity index (χ3v) is 5.23. The molecule has 4 heterocycles. The zero-order valence-electron chi connectivity index (χ0n) is 17.4. The van der Waals surface area contributed by atoms with E-state index in [9.17, 15) is 13.6 Å². The largest absolute Gasteiger partial charge is 0.368 e. The molecule has 0 aliphatic rings. The smallest absolute Gasteiger partial charge is 0.250 e. The van der Waals surface area contributed by atoms with Crippen molar-refractivity contribution < 1.29 is 8.78 Å². The Morgan fingerprint density at radius 3 is 2.48 bits per heavy atom. The van der Waals surface area contributed by atoms with Crippen LogP contribution in [0.4, 0.5) is 14.7 Å². The zero-order valence-corrected chi connectivity index (χ0v) is 17.4. The summed E-state index contributed by atoms with van der Waals surface area (Å²) >= 11 is 0. The lowest BCUT2D eigenvalue weighted by atomic mass is 10.0. The minimum absolute atomic E-state index is 0.0342. The van der Waals surface area contributed by atoms with E-state index in [-0.39, 0.29) is 29.3 Å². The number of anilines is 1. The predicted molar refractivity (Wildman–Crippen MR) is 118 cm³/mol. The quantitative estimate of drug-likeness (QED) is 0.456. The number of benzene rings is 1. The highest BCUT2D eigenvalue weighted by atomic mass is 19.1. The van der Waals surface area contributed by atoms with E-state index in [4.69, 9.17) is 5.73 Å². The molecule has 0 aliphatic heterocycles. The van der Waals surface area contributed by atoms with Crippen molar-refractivity contribution in [1.82, 2.24) is 29.1 Å². The topological polar surface area (TPSA) is 104 Å². The fourth-order valence-corrected chi connectivity index (χ4v) is 3.63. The first-order valence-electron chi connectivity index (χ1n) is 9.99. The van der Waals surface area contributed by atoms with Gasteiger partial charge in [-0.1, -0.05) is 12.1 Å². The Hall–Kier alpha value is -4.47. The average Bonchev–Trinajstić information content (AvgIpc) is 3.23. The highest BCUT2D eigenvalue weighted by Crippen LogP contribution is 2.33. The summed E-state index contributed by atoms with van der Waals surface area (Å²) in [5.74, 6) is -1.18. The van der Waals surface area contributed by atoms with Gasteiger partial charge in [-0.05, 0) is 30.3 Å². The summed E-state index contributed by atoms with van der Waals surface area (Å²) in [6.45, 7) is 0. The predicted octanol–water partition coefficient (Wildman–Crippen LogP) is 3.00. The lowest BCUT2D eigenvalue weighted by molar-refractivity contribution is 0.559. The van der Waals surface area contributed by atoms with Crippen LogP contribution in [0.2, 0.25) is 0 Å². The van der Waals surface area contributed by atoms with Gasteiger partial charge in [0, 0.05) is 43.1 Å². The number of hydrogen-bond donors (Lipinski definition) is 1. The molecule has 0 unspecified atom stereocenters. The molecule has 164 valence electrons. The van der Waals surface area contributed by atoms with Gasteiger partial charge in [-0.25, -0.2) is 18.7 Å². The van der Waals surface area contributed by atoms with E-state index >= 15 is 0 Å². The Bertz CT molecular complexity index is 1540. The molecular formula is C23H17F2N7O. The van der Waals surface area contributed by atoms with Gasteiger partial charge in [0.05, 0.1) is 11.3 Å². The standard InChI is InChI=1S/C23H17F2N7O/c1-31-12-13(8-9-19(31)33)20-21(17-7-2-3-10-27-17)29-23(26)32-22(20)28-18(30-32)11-14-15(24)5-4-6-16(14)25/h2-10,12H,11H2,1H3,(H2,26,29). The molecule has 0 amide bonds. The van der Waals surface area contributed by atoms with Crippen LogP contribution in [0.5, 0.6) is 0 Å². The number of fused-ring (bicyclic) bond motifs is 1. The van der Waals surface area contributed by atoms with Crippen molar-refractivity contribution in [2.24, 2.45) is 7.05 Å². The molecule has 5 aromatic rings. The normalized spacial score (nSPS) is 11.2. The van der Waals surface area contributed by atoms with Gasteiger partial charge in [0.1, 0.15) is 17.3 Å². The Morgan fingerprint density at radius 2 is 1.79 bits per heavy atom. The Balaban J connectivity index is 1.77. The molecule has 0 aliphatic carbocycles. The molecule has 1 aromatic carbocycles. The van der Waals surface area contributed by atoms with Crippen molar-refractivity contribution in [2.45, 2.75) is 6.42 Å². The van der Waals surface area contributed by atoms with Gasteiger partial charge < -0.3 is 10.3 Å². The maximum Gasteiger partial charge on any atom is 0.250 e. The van der Waals surface area contributed by atoms with E-state index in [2.05, 4.69) is 20.1 Å². The van der Waals surface area contributed by atoms with E-state index in [0.717, 1.165) is 0 Å². The first-order valence-corrected chi connectivity index (χ1v) is 9.99. The number of aryl methyl sites for hydroxylation is 1. The molecule has 0 radical (unpaired) electrons. The summed E-state index contributed by atoms with van der Waals surface area (Å²) in [5, 5.41) is 4.35. The molecule has 4 aromatic heterocycles. The van der Waals surface area contributed by atoms with Crippen LogP contribution in [0.25, 0.3) is 28.2 Å². The molecule has 8 nitrogen and oxygen atoms in total. The number of nitrogen functional groups attached to an aromatic ring is 1. The lowest BCUT2D eigenvalue weighted by Crippen LogP contribution is -2.14. The van der Waals surface area contributed by atoms with Crippen molar-refractivity contribution >= 4 is 11.6 Å². The Labute approximate surface area is 186 Å². The van der Waals surface area contributed by atoms with Crippen LogP contribution in [-0.2, 0) is 13.5 Å². The minimum Gasteiger partial charge on any atom is -0.368 e. The van der Waals surface area contributed by atoms with Crippen LogP contribution < -0.4 is 11.3 Å². The molecule has 33 heavy (non-hydrogen) atoms. The summed E-state index contributed by atoms with van der Waals surface area (Å²) in [4.78, 5) is 25.4. The fraction of sp³-hybridized carbons (Fsp3) is 0.0870. The average molecular weight is 445 g/mol. The lowest BCUT2D eigenvalue weighted by Gasteiger charge is -2.12. The summed E-state index contributed by atoms with van der Waals surface area (Å²) in [7, 11) is 1.63. The van der Waals surface area contributed by atoms with Gasteiger partial charge in [0.2, 0.25) is 11.5 Å². The van der Waals surface area contributed by atoms with E-state index in [1.165, 1.54) is 33.3 Å². The number of halogens is 2. The van der Waals surface area contributed by atoms with Crippen molar-refractivity contribution in [3.63, 3.8) is 0 Å². The maximum absolute atomic E-state index is 14.2. The van der Waals surface area contributed by atoms with Crippen LogP contribution >= 0.6 is 0 Å². The number of nitrogens with zero attached hydrogens (tertiary/aromatic N) is 6. The van der Waals surface area contributed by atoms with Crippen LogP contribution in [0.3, 0.4) is 0 Å². The van der Waals surface area contributed by atoms with Crippen LogP contribution in [0, 0.1) is 11.6 Å². The fourth-order valence-electron chi connectivity index (χ4n) is 3.63. The number of aromatic nitrogens is 6. The zero-order chi connectivity index (χ0) is 23.1. The molecule has 0 bridgehead atoms. The molecule has 10 heteroatoms. The highest BCUT2D eigenvalue weighted by molar-refractivity contribution is 5.89. The molecule has 2 N–H and O–H groups in total. The van der Waals surface area contributed by atoms with Gasteiger partial charge in [0.25, 0.3) is 0 Å². The number of hydrogen-bond acceptors (Lipinski definition) is 6. The molecule has 0 spiro atoms. The van der Waals surface area contributed by atoms with E-state index < -0.39 is 11.6 Å². The van der Waals surface area contributed by atoms with Crippen LogP contribution in [-0.4, -0.2) is 29.1 Å². The van der Waals surface area contributed by atoms with Crippen molar-refractivity contribution in [2.75, 3.05) is 5.73 Å². The summed E-state index contributed by atoms with van der Waals surface area (Å²) in [5.41, 5.74) is 8.32. The van der Waals surface area contributed by atoms with Gasteiger partial charge in [0.15, 0.2) is 11.5 Å². The third-order valence-electron chi connectivity index (χ3n) is 5.23. The number of nitrogens with two attached hydrogens (primary N) is 1. The minimum atomic E-state index is -0.688. The van der Waals surface area contributed by atoms with Crippen molar-refractivity contribution in [3.8, 4) is 22.5 Å². The van der Waals surface area contributed by atoms with Gasteiger partial charge >= 0.3 is 0 Å². The molecule has 0 fully saturated rings. The molecule has 0 saturated carbocycles. The maximum atomic E-state index is 14.2.